The molecular formula is C16H23ClO. The second-order valence-corrected chi connectivity index (χ2v) is 6.27. The van der Waals surface area contributed by atoms with Gasteiger partial charge in [0.15, 0.2) is 0 Å². The highest BCUT2D eigenvalue weighted by Crippen LogP contribution is 2.37. The zero-order valence-corrected chi connectivity index (χ0v) is 12.1. The van der Waals surface area contributed by atoms with E-state index < -0.39 is 5.60 Å². The van der Waals surface area contributed by atoms with E-state index in [1.807, 2.05) is 13.0 Å². The fraction of sp³-hybridized carbons (Fsp3) is 0.625. The zero-order valence-electron chi connectivity index (χ0n) is 11.4. The highest BCUT2D eigenvalue weighted by atomic mass is 35.5. The zero-order chi connectivity index (χ0) is 13.2. The molecule has 100 valence electrons. The van der Waals surface area contributed by atoms with Gasteiger partial charge in [0.1, 0.15) is 0 Å². The van der Waals surface area contributed by atoms with Gasteiger partial charge in [0.2, 0.25) is 0 Å². The van der Waals surface area contributed by atoms with Crippen LogP contribution in [0.5, 0.6) is 0 Å². The van der Waals surface area contributed by atoms with E-state index in [1.54, 1.807) is 0 Å². The van der Waals surface area contributed by atoms with Crippen molar-refractivity contribution >= 4 is 11.6 Å². The first kappa shape index (κ1) is 13.9. The minimum atomic E-state index is -0.544. The minimum Gasteiger partial charge on any atom is -0.390 e. The predicted molar refractivity (Wildman–Crippen MR) is 77.1 cm³/mol. The van der Waals surface area contributed by atoms with Crippen LogP contribution in [0.2, 0.25) is 5.02 Å². The second-order valence-electron chi connectivity index (χ2n) is 5.87. The molecule has 1 aliphatic rings. The fourth-order valence-electron chi connectivity index (χ4n) is 3.12. The van der Waals surface area contributed by atoms with E-state index in [9.17, 15) is 5.11 Å². The summed E-state index contributed by atoms with van der Waals surface area (Å²) in [6, 6.07) is 6.12. The normalized spacial score (nSPS) is 28.3. The molecule has 0 amide bonds. The van der Waals surface area contributed by atoms with Crippen molar-refractivity contribution in [1.29, 1.82) is 0 Å². The lowest BCUT2D eigenvalue weighted by Crippen LogP contribution is -2.37. The Morgan fingerprint density at radius 2 is 2.22 bits per heavy atom. The summed E-state index contributed by atoms with van der Waals surface area (Å²) in [5, 5.41) is 11.6. The molecule has 1 nitrogen and oxygen atoms in total. The van der Waals surface area contributed by atoms with E-state index >= 15 is 0 Å². The molecule has 1 N–H and O–H groups in total. The minimum absolute atomic E-state index is 0.544. The van der Waals surface area contributed by atoms with Crippen LogP contribution in [-0.4, -0.2) is 10.7 Å². The molecule has 1 saturated carbocycles. The SMILES string of the molecule is CCC1CCCC(O)(Cc2ccc(C)cc2Cl)C1. The van der Waals surface area contributed by atoms with Crippen LogP contribution in [0.3, 0.4) is 0 Å². The summed E-state index contributed by atoms with van der Waals surface area (Å²) in [5.74, 6) is 0.674. The average Bonchev–Trinajstić information content (AvgIpc) is 2.33. The third-order valence-electron chi connectivity index (χ3n) is 4.23. The molecule has 2 unspecified atom stereocenters. The molecule has 2 atom stereocenters. The van der Waals surface area contributed by atoms with E-state index in [1.165, 1.54) is 18.4 Å². The van der Waals surface area contributed by atoms with Crippen LogP contribution in [0, 0.1) is 12.8 Å². The average molecular weight is 267 g/mol. The summed E-state index contributed by atoms with van der Waals surface area (Å²) in [6.45, 7) is 4.26. The largest absolute Gasteiger partial charge is 0.390 e. The van der Waals surface area contributed by atoms with E-state index in [0.717, 1.165) is 29.8 Å². The Bertz CT molecular complexity index is 416. The standard InChI is InChI=1S/C16H23ClO/c1-3-13-5-4-8-16(18,10-13)11-14-7-6-12(2)9-15(14)17/h6-7,9,13,18H,3-5,8,10-11H2,1-2H3. The molecule has 0 radical (unpaired) electrons. The van der Waals surface area contributed by atoms with Gasteiger partial charge < -0.3 is 5.11 Å². The monoisotopic (exact) mass is 266 g/mol. The summed E-state index contributed by atoms with van der Waals surface area (Å²) in [4.78, 5) is 0. The first-order valence-electron chi connectivity index (χ1n) is 7.00. The summed E-state index contributed by atoms with van der Waals surface area (Å²) in [5.41, 5.74) is 1.71. The third kappa shape index (κ3) is 3.27. The smallest absolute Gasteiger partial charge is 0.0691 e. The highest BCUT2D eigenvalue weighted by molar-refractivity contribution is 6.31. The predicted octanol–water partition coefficient (Wildman–Crippen LogP) is 4.52. The van der Waals surface area contributed by atoms with Gasteiger partial charge in [0, 0.05) is 11.4 Å². The van der Waals surface area contributed by atoms with Crippen LogP contribution in [0.25, 0.3) is 0 Å². The van der Waals surface area contributed by atoms with Crippen molar-refractivity contribution in [3.63, 3.8) is 0 Å². The number of rotatable bonds is 3. The lowest BCUT2D eigenvalue weighted by atomic mass is 9.74. The van der Waals surface area contributed by atoms with E-state index in [2.05, 4.69) is 19.1 Å². The van der Waals surface area contributed by atoms with Gasteiger partial charge in [-0.3, -0.25) is 0 Å². The van der Waals surface area contributed by atoms with Gasteiger partial charge in [0.05, 0.1) is 5.60 Å². The number of hydrogen-bond acceptors (Lipinski definition) is 1. The van der Waals surface area contributed by atoms with E-state index in [0.29, 0.717) is 12.3 Å². The van der Waals surface area contributed by atoms with Crippen LogP contribution >= 0.6 is 11.6 Å². The van der Waals surface area contributed by atoms with Crippen molar-refractivity contribution in [3.05, 3.63) is 34.3 Å². The molecular weight excluding hydrogens is 244 g/mol. The Labute approximate surface area is 115 Å². The maximum Gasteiger partial charge on any atom is 0.0691 e. The first-order chi connectivity index (χ1) is 8.52. The van der Waals surface area contributed by atoms with Crippen LogP contribution in [0.15, 0.2) is 18.2 Å². The Hall–Kier alpha value is -0.530. The van der Waals surface area contributed by atoms with Crippen molar-refractivity contribution < 1.29 is 5.11 Å². The topological polar surface area (TPSA) is 20.2 Å². The fourth-order valence-corrected chi connectivity index (χ4v) is 3.42. The molecule has 1 aromatic carbocycles. The van der Waals surface area contributed by atoms with Gasteiger partial charge in [-0.15, -0.1) is 0 Å². The maximum atomic E-state index is 10.8. The lowest BCUT2D eigenvalue weighted by molar-refractivity contribution is -0.0161. The number of hydrogen-bond donors (Lipinski definition) is 1. The van der Waals surface area contributed by atoms with Crippen molar-refractivity contribution in [2.24, 2.45) is 5.92 Å². The van der Waals surface area contributed by atoms with Crippen molar-refractivity contribution in [2.75, 3.05) is 0 Å². The molecule has 1 aromatic rings. The van der Waals surface area contributed by atoms with Gasteiger partial charge in [-0.05, 0) is 42.9 Å². The number of benzene rings is 1. The summed E-state index contributed by atoms with van der Waals surface area (Å²) in [7, 11) is 0. The first-order valence-corrected chi connectivity index (χ1v) is 7.37. The molecule has 0 bridgehead atoms. The van der Waals surface area contributed by atoms with Crippen molar-refractivity contribution in [2.45, 2.75) is 58.0 Å². The molecule has 18 heavy (non-hydrogen) atoms. The summed E-state index contributed by atoms with van der Waals surface area (Å²) in [6.07, 6.45) is 6.10. The lowest BCUT2D eigenvalue weighted by Gasteiger charge is -2.37. The molecule has 0 heterocycles. The van der Waals surface area contributed by atoms with E-state index in [4.69, 9.17) is 11.6 Å². The second kappa shape index (κ2) is 5.63. The van der Waals surface area contributed by atoms with Crippen molar-refractivity contribution in [1.82, 2.24) is 0 Å². The number of aliphatic hydroxyl groups is 1. The Kier molecular flexibility index (Phi) is 4.34. The van der Waals surface area contributed by atoms with E-state index in [-0.39, 0.29) is 0 Å². The third-order valence-corrected chi connectivity index (χ3v) is 4.58. The van der Waals surface area contributed by atoms with Crippen LogP contribution in [0.1, 0.15) is 50.2 Å². The summed E-state index contributed by atoms with van der Waals surface area (Å²) < 4.78 is 0. The molecule has 1 fully saturated rings. The molecule has 2 rings (SSSR count). The Morgan fingerprint density at radius 3 is 2.89 bits per heavy atom. The van der Waals surface area contributed by atoms with Gasteiger partial charge in [-0.1, -0.05) is 49.9 Å². The van der Waals surface area contributed by atoms with Crippen molar-refractivity contribution in [3.8, 4) is 0 Å². The Balaban J connectivity index is 2.11. The van der Waals surface area contributed by atoms with Gasteiger partial charge in [0.25, 0.3) is 0 Å². The molecule has 0 saturated heterocycles. The molecule has 1 aliphatic carbocycles. The molecule has 0 spiro atoms. The number of halogens is 1. The van der Waals surface area contributed by atoms with Crippen LogP contribution in [0.4, 0.5) is 0 Å². The van der Waals surface area contributed by atoms with Crippen LogP contribution in [-0.2, 0) is 6.42 Å². The number of aryl methyl sites for hydroxylation is 1. The van der Waals surface area contributed by atoms with Gasteiger partial charge in [-0.2, -0.15) is 0 Å². The Morgan fingerprint density at radius 1 is 1.44 bits per heavy atom. The maximum absolute atomic E-state index is 10.8. The van der Waals surface area contributed by atoms with Crippen LogP contribution < -0.4 is 0 Å². The highest BCUT2D eigenvalue weighted by Gasteiger charge is 2.34. The quantitative estimate of drug-likeness (QED) is 0.853. The van der Waals surface area contributed by atoms with Gasteiger partial charge in [-0.25, -0.2) is 0 Å². The molecule has 2 heteroatoms. The molecule has 0 aliphatic heterocycles. The summed E-state index contributed by atoms with van der Waals surface area (Å²) >= 11 is 6.27. The molecule has 0 aromatic heterocycles. The van der Waals surface area contributed by atoms with Gasteiger partial charge >= 0.3 is 0 Å².